The Bertz CT molecular complexity index is 878. The van der Waals surface area contributed by atoms with Crippen LogP contribution >= 0.6 is 0 Å². The number of carbonyl (C=O) groups excluding carboxylic acids is 2. The molecular formula is C26H34N2O4. The van der Waals surface area contributed by atoms with Crippen molar-refractivity contribution in [2.24, 2.45) is 35.5 Å². The Labute approximate surface area is 189 Å². The molecule has 6 heteroatoms. The third-order valence-corrected chi connectivity index (χ3v) is 8.68. The fourth-order valence-corrected chi connectivity index (χ4v) is 6.88. The molecule has 6 rings (SSSR count). The zero-order valence-electron chi connectivity index (χ0n) is 18.7. The minimum absolute atomic E-state index is 0.149. The minimum Gasteiger partial charge on any atom is -0.486 e. The summed E-state index contributed by atoms with van der Waals surface area (Å²) in [4.78, 5) is 26.1. The van der Waals surface area contributed by atoms with Crippen LogP contribution in [0.15, 0.2) is 18.2 Å². The molecule has 1 aliphatic heterocycles. The van der Waals surface area contributed by atoms with Gasteiger partial charge in [0.05, 0.1) is 6.04 Å². The Balaban J connectivity index is 1.15. The summed E-state index contributed by atoms with van der Waals surface area (Å²) in [5, 5.41) is 6.47. The Morgan fingerprint density at radius 2 is 1.38 bits per heavy atom. The molecule has 1 aromatic carbocycles. The second-order valence-electron chi connectivity index (χ2n) is 10.5. The Kier molecular flexibility index (Phi) is 5.27. The second kappa shape index (κ2) is 8.27. The molecule has 0 bridgehead atoms. The summed E-state index contributed by atoms with van der Waals surface area (Å²) in [6.45, 7) is 1.50. The van der Waals surface area contributed by atoms with Crippen LogP contribution in [0.2, 0.25) is 0 Å². The quantitative estimate of drug-likeness (QED) is 0.712. The van der Waals surface area contributed by atoms with Gasteiger partial charge in [0.1, 0.15) is 13.2 Å². The highest BCUT2D eigenvalue weighted by Gasteiger charge is 2.56. The van der Waals surface area contributed by atoms with Crippen LogP contribution in [0, 0.1) is 35.5 Å². The molecular weight excluding hydrogens is 404 g/mol. The van der Waals surface area contributed by atoms with E-state index in [1.54, 1.807) is 0 Å². The van der Waals surface area contributed by atoms with E-state index in [0.717, 1.165) is 11.3 Å². The molecule has 1 aromatic rings. The molecule has 0 spiro atoms. The molecule has 4 saturated carbocycles. The lowest BCUT2D eigenvalue weighted by Crippen LogP contribution is -2.39. The molecule has 32 heavy (non-hydrogen) atoms. The molecule has 2 N–H and O–H groups in total. The smallest absolute Gasteiger partial charge is 0.224 e. The second-order valence-corrected chi connectivity index (χ2v) is 10.5. The van der Waals surface area contributed by atoms with Gasteiger partial charge in [-0.3, -0.25) is 9.59 Å². The standard InChI is InChI=1S/C26H34N2O4/c29-25(23-16-5-1-2-6-17(16)23)27-14-20(15-9-10-21-22(13-15)32-12-11-31-21)28-26(30)24-18-7-3-4-8-19(18)24/h9-10,13,16-20,23-24H,1-8,11-12,14H2,(H,27,29)(H,28,30). The number of nitrogens with one attached hydrogen (secondary N) is 2. The van der Waals surface area contributed by atoms with Gasteiger partial charge in [0.2, 0.25) is 11.8 Å². The summed E-state index contributed by atoms with van der Waals surface area (Å²) < 4.78 is 11.4. The first-order valence-electron chi connectivity index (χ1n) is 12.7. The lowest BCUT2D eigenvalue weighted by molar-refractivity contribution is -0.125. The predicted molar refractivity (Wildman–Crippen MR) is 119 cm³/mol. The number of ether oxygens (including phenoxy) is 2. The van der Waals surface area contributed by atoms with E-state index in [4.69, 9.17) is 9.47 Å². The van der Waals surface area contributed by atoms with Crippen LogP contribution in [0.5, 0.6) is 11.5 Å². The summed E-state index contributed by atoms with van der Waals surface area (Å²) >= 11 is 0. The van der Waals surface area contributed by atoms with Gasteiger partial charge in [0, 0.05) is 18.4 Å². The maximum atomic E-state index is 13.2. The van der Waals surface area contributed by atoms with Crippen LogP contribution in [0.3, 0.4) is 0 Å². The monoisotopic (exact) mass is 438 g/mol. The van der Waals surface area contributed by atoms with Gasteiger partial charge in [-0.15, -0.1) is 0 Å². The van der Waals surface area contributed by atoms with E-state index in [0.29, 0.717) is 49.2 Å². The third-order valence-electron chi connectivity index (χ3n) is 8.68. The normalized spacial score (nSPS) is 35.0. The van der Waals surface area contributed by atoms with Gasteiger partial charge < -0.3 is 20.1 Å². The molecule has 5 atom stereocenters. The largest absolute Gasteiger partial charge is 0.486 e. The number of hydrogen-bond donors (Lipinski definition) is 2. The van der Waals surface area contributed by atoms with E-state index in [1.807, 2.05) is 18.2 Å². The number of hydrogen-bond acceptors (Lipinski definition) is 4. The molecule has 6 nitrogen and oxygen atoms in total. The predicted octanol–water partition coefficient (Wildman–Crippen LogP) is 3.60. The Morgan fingerprint density at radius 1 is 0.812 bits per heavy atom. The molecule has 0 saturated heterocycles. The van der Waals surface area contributed by atoms with Crippen LogP contribution in [0.1, 0.15) is 63.0 Å². The van der Waals surface area contributed by atoms with Crippen molar-refractivity contribution in [3.8, 4) is 11.5 Å². The molecule has 5 aliphatic rings. The molecule has 0 radical (unpaired) electrons. The van der Waals surface area contributed by atoms with Crippen molar-refractivity contribution in [3.63, 3.8) is 0 Å². The number of rotatable bonds is 6. The summed E-state index contributed by atoms with van der Waals surface area (Å²) in [5.41, 5.74) is 0.958. The van der Waals surface area contributed by atoms with Gasteiger partial charge in [-0.25, -0.2) is 0 Å². The highest BCUT2D eigenvalue weighted by molar-refractivity contribution is 5.84. The molecule has 1 heterocycles. The highest BCUT2D eigenvalue weighted by atomic mass is 16.6. The van der Waals surface area contributed by atoms with Crippen LogP contribution in [0.25, 0.3) is 0 Å². The van der Waals surface area contributed by atoms with E-state index >= 15 is 0 Å². The Morgan fingerprint density at radius 3 is 2.00 bits per heavy atom. The maximum absolute atomic E-state index is 13.2. The Hall–Kier alpha value is -2.24. The lowest BCUT2D eigenvalue weighted by atomic mass is 10.0. The van der Waals surface area contributed by atoms with Gasteiger partial charge in [-0.05, 0) is 67.1 Å². The van der Waals surface area contributed by atoms with Crippen molar-refractivity contribution < 1.29 is 19.1 Å². The average molecular weight is 439 g/mol. The van der Waals surface area contributed by atoms with Crippen LogP contribution in [-0.2, 0) is 9.59 Å². The van der Waals surface area contributed by atoms with Gasteiger partial charge in [0.25, 0.3) is 0 Å². The number of fused-ring (bicyclic) bond motifs is 3. The zero-order valence-corrected chi connectivity index (χ0v) is 18.7. The van der Waals surface area contributed by atoms with Crippen molar-refractivity contribution in [1.82, 2.24) is 10.6 Å². The maximum Gasteiger partial charge on any atom is 0.224 e. The van der Waals surface area contributed by atoms with Gasteiger partial charge in [-0.2, -0.15) is 0 Å². The number of benzene rings is 1. The van der Waals surface area contributed by atoms with Gasteiger partial charge >= 0.3 is 0 Å². The minimum atomic E-state index is -0.259. The number of amides is 2. The summed E-state index contributed by atoms with van der Waals surface area (Å²) in [6, 6.07) is 5.60. The molecule has 4 fully saturated rings. The van der Waals surface area contributed by atoms with E-state index in [-0.39, 0.29) is 29.7 Å². The van der Waals surface area contributed by atoms with Crippen molar-refractivity contribution in [2.75, 3.05) is 19.8 Å². The fraction of sp³-hybridized carbons (Fsp3) is 0.692. The van der Waals surface area contributed by atoms with E-state index < -0.39 is 0 Å². The van der Waals surface area contributed by atoms with Crippen LogP contribution in [0.4, 0.5) is 0 Å². The topological polar surface area (TPSA) is 76.7 Å². The molecule has 5 unspecified atom stereocenters. The van der Waals surface area contributed by atoms with Crippen molar-refractivity contribution in [1.29, 1.82) is 0 Å². The van der Waals surface area contributed by atoms with E-state index in [9.17, 15) is 9.59 Å². The first-order valence-corrected chi connectivity index (χ1v) is 12.7. The highest BCUT2D eigenvalue weighted by Crippen LogP contribution is 2.56. The van der Waals surface area contributed by atoms with Gasteiger partial charge in [-0.1, -0.05) is 31.7 Å². The van der Waals surface area contributed by atoms with Crippen LogP contribution < -0.4 is 20.1 Å². The first-order chi connectivity index (χ1) is 15.7. The van der Waals surface area contributed by atoms with Crippen molar-refractivity contribution in [2.45, 2.75) is 57.4 Å². The SMILES string of the molecule is O=C(NCC(NC(=O)C1C2CCCCC21)c1ccc2c(c1)OCCO2)C1C2CCCCC21. The van der Waals surface area contributed by atoms with E-state index in [1.165, 1.54) is 51.4 Å². The molecule has 0 aromatic heterocycles. The number of carbonyl (C=O) groups is 2. The van der Waals surface area contributed by atoms with Gasteiger partial charge in [0.15, 0.2) is 11.5 Å². The molecule has 172 valence electrons. The molecule has 4 aliphatic carbocycles. The average Bonchev–Trinajstić information content (AvgIpc) is 3.74. The zero-order chi connectivity index (χ0) is 21.7. The van der Waals surface area contributed by atoms with Crippen molar-refractivity contribution >= 4 is 11.8 Å². The molecule has 2 amide bonds. The summed E-state index contributed by atoms with van der Waals surface area (Å²) in [5.74, 6) is 4.40. The summed E-state index contributed by atoms with van der Waals surface area (Å²) in [6.07, 6.45) is 9.74. The van der Waals surface area contributed by atoms with E-state index in [2.05, 4.69) is 10.6 Å². The lowest BCUT2D eigenvalue weighted by Gasteiger charge is -2.23. The summed E-state index contributed by atoms with van der Waals surface area (Å²) in [7, 11) is 0. The third kappa shape index (κ3) is 3.75. The first kappa shape index (κ1) is 20.4. The fourth-order valence-electron chi connectivity index (χ4n) is 6.88. The van der Waals surface area contributed by atoms with Crippen molar-refractivity contribution in [3.05, 3.63) is 23.8 Å². The van der Waals surface area contributed by atoms with Crippen LogP contribution in [-0.4, -0.2) is 31.6 Å².